The molecule has 27 heavy (non-hydrogen) atoms. The number of rotatable bonds is 5. The molecule has 0 saturated carbocycles. The molecule has 0 radical (unpaired) electrons. The lowest BCUT2D eigenvalue weighted by molar-refractivity contribution is -0.121. The SMILES string of the molecule is CC(C)C(=O)N1CCCc2cc(-c3csc(NC[C@@H]4CCCO4)n3)ccc21. The maximum Gasteiger partial charge on any atom is 0.229 e. The number of ether oxygens (including phenoxy) is 1. The van der Waals surface area contributed by atoms with Gasteiger partial charge in [-0.3, -0.25) is 4.79 Å². The Bertz CT molecular complexity index is 812. The normalized spacial score (nSPS) is 19.4. The molecule has 1 atom stereocenters. The van der Waals surface area contributed by atoms with Gasteiger partial charge in [0.2, 0.25) is 5.91 Å². The molecule has 4 rings (SSSR count). The second-order valence-corrected chi connectivity index (χ2v) is 8.50. The van der Waals surface area contributed by atoms with Crippen LogP contribution in [-0.2, 0) is 16.0 Å². The molecule has 1 amide bonds. The van der Waals surface area contributed by atoms with Crippen molar-refractivity contribution in [3.63, 3.8) is 0 Å². The summed E-state index contributed by atoms with van der Waals surface area (Å²) in [4.78, 5) is 19.2. The average molecular weight is 386 g/mol. The summed E-state index contributed by atoms with van der Waals surface area (Å²) in [5, 5.41) is 6.44. The minimum absolute atomic E-state index is 0.0200. The molecule has 0 bridgehead atoms. The standard InChI is InChI=1S/C21H27N3O2S/c1-14(2)20(25)24-9-3-5-16-11-15(7-8-19(16)24)18-13-27-21(23-18)22-12-17-6-4-10-26-17/h7-8,11,13-14,17H,3-6,9-10,12H2,1-2H3,(H,22,23)/t17-/m0/s1. The number of hydrogen-bond acceptors (Lipinski definition) is 5. The second kappa shape index (κ2) is 7.98. The molecular formula is C21H27N3O2S. The van der Waals surface area contributed by atoms with Crippen LogP contribution in [0.4, 0.5) is 10.8 Å². The van der Waals surface area contributed by atoms with Crippen molar-refractivity contribution in [2.24, 2.45) is 5.92 Å². The van der Waals surface area contributed by atoms with Crippen LogP contribution in [0.5, 0.6) is 0 Å². The zero-order valence-electron chi connectivity index (χ0n) is 16.0. The first-order valence-electron chi connectivity index (χ1n) is 9.87. The topological polar surface area (TPSA) is 54.5 Å². The summed E-state index contributed by atoms with van der Waals surface area (Å²) in [6, 6.07) is 6.38. The Hall–Kier alpha value is -1.92. The van der Waals surface area contributed by atoms with Crippen LogP contribution >= 0.6 is 11.3 Å². The number of nitrogens with one attached hydrogen (secondary N) is 1. The lowest BCUT2D eigenvalue weighted by Gasteiger charge is -2.31. The monoisotopic (exact) mass is 385 g/mol. The van der Waals surface area contributed by atoms with Gasteiger partial charge in [-0.05, 0) is 43.4 Å². The van der Waals surface area contributed by atoms with Crippen LogP contribution < -0.4 is 10.2 Å². The van der Waals surface area contributed by atoms with E-state index in [4.69, 9.17) is 9.72 Å². The lowest BCUT2D eigenvalue weighted by Crippen LogP contribution is -2.38. The zero-order chi connectivity index (χ0) is 18.8. The summed E-state index contributed by atoms with van der Waals surface area (Å²) in [6.45, 7) is 6.44. The van der Waals surface area contributed by atoms with Gasteiger partial charge in [-0.1, -0.05) is 19.9 Å². The molecule has 1 aromatic heterocycles. The molecular weight excluding hydrogens is 358 g/mol. The van der Waals surface area contributed by atoms with Gasteiger partial charge in [0, 0.05) is 42.2 Å². The van der Waals surface area contributed by atoms with Crippen LogP contribution in [0.1, 0.15) is 38.7 Å². The third kappa shape index (κ3) is 4.01. The molecule has 1 saturated heterocycles. The van der Waals surface area contributed by atoms with Crippen LogP contribution in [-0.4, -0.2) is 36.7 Å². The molecule has 2 aliphatic rings. The van der Waals surface area contributed by atoms with Gasteiger partial charge in [0.25, 0.3) is 0 Å². The number of benzene rings is 1. The quantitative estimate of drug-likeness (QED) is 0.832. The Morgan fingerprint density at radius 3 is 3.07 bits per heavy atom. The van der Waals surface area contributed by atoms with Gasteiger partial charge in [-0.25, -0.2) is 4.98 Å². The summed E-state index contributed by atoms with van der Waals surface area (Å²) < 4.78 is 5.66. The van der Waals surface area contributed by atoms with Crippen molar-refractivity contribution in [3.8, 4) is 11.3 Å². The summed E-state index contributed by atoms with van der Waals surface area (Å²) in [5.41, 5.74) is 4.42. The van der Waals surface area contributed by atoms with E-state index in [1.807, 2.05) is 18.7 Å². The number of aromatic nitrogens is 1. The number of hydrogen-bond donors (Lipinski definition) is 1. The third-order valence-corrected chi connectivity index (χ3v) is 6.06. The van der Waals surface area contributed by atoms with Crippen molar-refractivity contribution in [2.45, 2.75) is 45.6 Å². The maximum absolute atomic E-state index is 12.5. The molecule has 0 unspecified atom stereocenters. The number of carbonyl (C=O) groups excluding carboxylic acids is 1. The number of anilines is 2. The second-order valence-electron chi connectivity index (χ2n) is 7.65. The van der Waals surface area contributed by atoms with E-state index in [0.717, 1.165) is 67.5 Å². The van der Waals surface area contributed by atoms with Crippen LogP contribution in [0.15, 0.2) is 23.6 Å². The highest BCUT2D eigenvalue weighted by Gasteiger charge is 2.24. The van der Waals surface area contributed by atoms with Crippen LogP contribution in [0, 0.1) is 5.92 Å². The molecule has 5 nitrogen and oxygen atoms in total. The lowest BCUT2D eigenvalue weighted by atomic mass is 9.97. The third-order valence-electron chi connectivity index (χ3n) is 5.26. The minimum atomic E-state index is 0.0200. The Labute approximate surface area is 164 Å². The van der Waals surface area contributed by atoms with Gasteiger partial charge in [0.1, 0.15) is 0 Å². The predicted molar refractivity (Wildman–Crippen MR) is 111 cm³/mol. The number of fused-ring (bicyclic) bond motifs is 1. The molecule has 1 fully saturated rings. The molecule has 1 N–H and O–H groups in total. The fourth-order valence-electron chi connectivity index (χ4n) is 3.79. The Morgan fingerprint density at radius 1 is 1.41 bits per heavy atom. The van der Waals surface area contributed by atoms with Crippen molar-refractivity contribution in [3.05, 3.63) is 29.1 Å². The van der Waals surface area contributed by atoms with E-state index < -0.39 is 0 Å². The number of aryl methyl sites for hydroxylation is 1. The first kappa shape index (κ1) is 18.4. The number of nitrogens with zero attached hydrogens (tertiary/aromatic N) is 2. The average Bonchev–Trinajstić information content (AvgIpc) is 3.36. The van der Waals surface area contributed by atoms with Crippen LogP contribution in [0.3, 0.4) is 0 Å². The summed E-state index contributed by atoms with van der Waals surface area (Å²) in [5.74, 6) is 0.227. The molecule has 0 spiro atoms. The smallest absolute Gasteiger partial charge is 0.229 e. The fraction of sp³-hybridized carbons (Fsp3) is 0.524. The van der Waals surface area contributed by atoms with Gasteiger partial charge in [0.05, 0.1) is 11.8 Å². The Morgan fingerprint density at radius 2 is 2.30 bits per heavy atom. The highest BCUT2D eigenvalue weighted by molar-refractivity contribution is 7.14. The number of amides is 1. The van der Waals surface area contributed by atoms with E-state index in [0.29, 0.717) is 6.10 Å². The first-order valence-corrected chi connectivity index (χ1v) is 10.8. The van der Waals surface area contributed by atoms with E-state index in [1.54, 1.807) is 11.3 Å². The van der Waals surface area contributed by atoms with Gasteiger partial charge >= 0.3 is 0 Å². The fourth-order valence-corrected chi connectivity index (χ4v) is 4.52. The van der Waals surface area contributed by atoms with Gasteiger partial charge in [0.15, 0.2) is 5.13 Å². The molecule has 1 aromatic carbocycles. The van der Waals surface area contributed by atoms with Crippen molar-refractivity contribution >= 4 is 28.1 Å². The summed E-state index contributed by atoms with van der Waals surface area (Å²) in [7, 11) is 0. The molecule has 144 valence electrons. The molecule has 2 aliphatic heterocycles. The van der Waals surface area contributed by atoms with E-state index in [-0.39, 0.29) is 11.8 Å². The maximum atomic E-state index is 12.5. The van der Waals surface area contributed by atoms with Crippen LogP contribution in [0.25, 0.3) is 11.3 Å². The largest absolute Gasteiger partial charge is 0.376 e. The van der Waals surface area contributed by atoms with E-state index in [9.17, 15) is 4.79 Å². The van der Waals surface area contributed by atoms with E-state index in [1.165, 1.54) is 5.56 Å². The number of thiazole rings is 1. The predicted octanol–water partition coefficient (Wildman–Crippen LogP) is 4.34. The number of carbonyl (C=O) groups is 1. The van der Waals surface area contributed by atoms with E-state index >= 15 is 0 Å². The molecule has 2 aromatic rings. The molecule has 0 aliphatic carbocycles. The van der Waals surface area contributed by atoms with Crippen molar-refractivity contribution in [1.82, 2.24) is 4.98 Å². The molecule has 6 heteroatoms. The van der Waals surface area contributed by atoms with Gasteiger partial charge in [-0.2, -0.15) is 0 Å². The van der Waals surface area contributed by atoms with Crippen molar-refractivity contribution in [1.29, 1.82) is 0 Å². The minimum Gasteiger partial charge on any atom is -0.376 e. The Kier molecular flexibility index (Phi) is 5.45. The van der Waals surface area contributed by atoms with Gasteiger partial charge < -0.3 is 15.0 Å². The van der Waals surface area contributed by atoms with E-state index in [2.05, 4.69) is 28.9 Å². The summed E-state index contributed by atoms with van der Waals surface area (Å²) >= 11 is 1.63. The Balaban J connectivity index is 1.49. The zero-order valence-corrected chi connectivity index (χ0v) is 16.8. The highest BCUT2D eigenvalue weighted by atomic mass is 32.1. The van der Waals surface area contributed by atoms with Gasteiger partial charge in [-0.15, -0.1) is 11.3 Å². The first-order chi connectivity index (χ1) is 13.1. The van der Waals surface area contributed by atoms with Crippen molar-refractivity contribution < 1.29 is 9.53 Å². The highest BCUT2D eigenvalue weighted by Crippen LogP contribution is 2.33. The van der Waals surface area contributed by atoms with Crippen molar-refractivity contribution in [2.75, 3.05) is 29.9 Å². The van der Waals surface area contributed by atoms with Crippen LogP contribution in [0.2, 0.25) is 0 Å². The summed E-state index contributed by atoms with van der Waals surface area (Å²) in [6.07, 6.45) is 4.62. The molecule has 3 heterocycles.